The van der Waals surface area contributed by atoms with E-state index in [0.29, 0.717) is 5.92 Å². The number of imidazole rings is 1. The molecule has 0 unspecified atom stereocenters. The van der Waals surface area contributed by atoms with Gasteiger partial charge in [-0.15, -0.1) is 0 Å². The van der Waals surface area contributed by atoms with Crippen molar-refractivity contribution in [3.05, 3.63) is 66.5 Å². The molecule has 0 fully saturated rings. The SMILES string of the molecule is CC(C)C[C@@H](CO)NC(=O)Cn1c[n+](Cc2ccccc2)c2ccccc21.[Cl-]. The highest BCUT2D eigenvalue weighted by molar-refractivity contribution is 5.79. The average molecular weight is 402 g/mol. The predicted molar refractivity (Wildman–Crippen MR) is 106 cm³/mol. The topological polar surface area (TPSA) is 58.1 Å². The van der Waals surface area contributed by atoms with Crippen molar-refractivity contribution < 1.29 is 26.9 Å². The van der Waals surface area contributed by atoms with E-state index in [1.54, 1.807) is 0 Å². The molecule has 2 N–H and O–H groups in total. The van der Waals surface area contributed by atoms with Gasteiger partial charge in [-0.3, -0.25) is 4.79 Å². The number of amides is 1. The van der Waals surface area contributed by atoms with Crippen LogP contribution in [0.5, 0.6) is 0 Å². The smallest absolute Gasteiger partial charge is 0.262 e. The number of aromatic nitrogens is 2. The Morgan fingerprint density at radius 2 is 1.79 bits per heavy atom. The molecule has 6 heteroatoms. The number of halogens is 1. The van der Waals surface area contributed by atoms with E-state index in [4.69, 9.17) is 0 Å². The Bertz CT molecular complexity index is 893. The zero-order valence-corrected chi connectivity index (χ0v) is 17.1. The van der Waals surface area contributed by atoms with Crippen LogP contribution in [-0.2, 0) is 17.9 Å². The first-order chi connectivity index (χ1) is 13.1. The number of fused-ring (bicyclic) bond motifs is 1. The minimum Gasteiger partial charge on any atom is -1.00 e. The van der Waals surface area contributed by atoms with E-state index in [9.17, 15) is 9.90 Å². The molecule has 0 radical (unpaired) electrons. The zero-order chi connectivity index (χ0) is 19.2. The molecule has 150 valence electrons. The molecule has 0 saturated carbocycles. The molecule has 0 bridgehead atoms. The first-order valence-electron chi connectivity index (χ1n) is 9.48. The number of benzene rings is 2. The molecule has 1 aromatic heterocycles. The maximum absolute atomic E-state index is 12.5. The third-order valence-electron chi connectivity index (χ3n) is 4.63. The molecule has 0 aliphatic carbocycles. The molecule has 1 atom stereocenters. The van der Waals surface area contributed by atoms with Crippen molar-refractivity contribution in [2.24, 2.45) is 5.92 Å². The van der Waals surface area contributed by atoms with Crippen LogP contribution < -0.4 is 22.3 Å². The van der Waals surface area contributed by atoms with Crippen LogP contribution in [0.4, 0.5) is 0 Å². The van der Waals surface area contributed by atoms with Gasteiger partial charge in [0.05, 0.1) is 12.6 Å². The molecule has 0 aliphatic rings. The number of para-hydroxylation sites is 2. The van der Waals surface area contributed by atoms with Gasteiger partial charge in [0.2, 0.25) is 6.33 Å². The Labute approximate surface area is 172 Å². The largest absolute Gasteiger partial charge is 1.00 e. The van der Waals surface area contributed by atoms with Crippen LogP contribution in [0.3, 0.4) is 0 Å². The molecule has 3 aromatic rings. The molecule has 1 heterocycles. The van der Waals surface area contributed by atoms with Gasteiger partial charge in [0.15, 0.2) is 17.6 Å². The lowest BCUT2D eigenvalue weighted by Gasteiger charge is -2.17. The van der Waals surface area contributed by atoms with Crippen molar-refractivity contribution in [3.8, 4) is 0 Å². The van der Waals surface area contributed by atoms with Crippen LogP contribution in [-0.4, -0.2) is 28.2 Å². The predicted octanol–water partition coefficient (Wildman–Crippen LogP) is -0.496. The first kappa shape index (κ1) is 21.9. The number of aliphatic hydroxyl groups is 1. The van der Waals surface area contributed by atoms with Gasteiger partial charge in [0, 0.05) is 0 Å². The highest BCUT2D eigenvalue weighted by atomic mass is 35.5. The number of rotatable bonds is 8. The molecule has 2 aromatic carbocycles. The van der Waals surface area contributed by atoms with Gasteiger partial charge in [0.1, 0.15) is 6.54 Å². The third-order valence-corrected chi connectivity index (χ3v) is 4.63. The standard InChI is InChI=1S/C22H27N3O2.ClH/c1-17(2)12-19(15-26)23-22(27)14-25-16-24(13-18-8-4-3-5-9-18)20-10-6-7-11-21(20)25;/h3-11,16-17,19,26H,12-15H2,1-2H3;1H/t19-;/m0./s1. The Kier molecular flexibility index (Phi) is 8.03. The van der Waals surface area contributed by atoms with E-state index in [1.165, 1.54) is 5.56 Å². The van der Waals surface area contributed by atoms with Crippen molar-refractivity contribution in [2.45, 2.75) is 39.4 Å². The Morgan fingerprint density at radius 1 is 1.11 bits per heavy atom. The molecular formula is C22H28ClN3O2. The summed E-state index contributed by atoms with van der Waals surface area (Å²) in [6.45, 7) is 5.12. The summed E-state index contributed by atoms with van der Waals surface area (Å²) in [5, 5.41) is 12.5. The fourth-order valence-corrected chi connectivity index (χ4v) is 3.45. The summed E-state index contributed by atoms with van der Waals surface area (Å²) >= 11 is 0. The molecular weight excluding hydrogens is 374 g/mol. The molecule has 0 aliphatic heterocycles. The minimum atomic E-state index is -0.198. The number of nitrogens with zero attached hydrogens (tertiary/aromatic N) is 2. The third kappa shape index (κ3) is 5.57. The number of carbonyl (C=O) groups is 1. The molecule has 5 nitrogen and oxygen atoms in total. The summed E-state index contributed by atoms with van der Waals surface area (Å²) in [5.41, 5.74) is 3.33. The number of carbonyl (C=O) groups excluding carboxylic acids is 1. The van der Waals surface area contributed by atoms with Crippen LogP contribution in [0.25, 0.3) is 11.0 Å². The summed E-state index contributed by atoms with van der Waals surface area (Å²) < 4.78 is 4.13. The molecule has 3 rings (SSSR count). The second-order valence-corrected chi connectivity index (χ2v) is 7.42. The number of hydrogen-bond acceptors (Lipinski definition) is 2. The van der Waals surface area contributed by atoms with Crippen LogP contribution in [0.15, 0.2) is 60.9 Å². The molecule has 1 amide bonds. The molecule has 28 heavy (non-hydrogen) atoms. The Morgan fingerprint density at radius 3 is 2.46 bits per heavy atom. The summed E-state index contributed by atoms with van der Waals surface area (Å²) in [6.07, 6.45) is 2.76. The fraction of sp³-hybridized carbons (Fsp3) is 0.364. The van der Waals surface area contributed by atoms with E-state index in [-0.39, 0.29) is 37.5 Å². The average Bonchev–Trinajstić information content (AvgIpc) is 2.99. The molecule has 0 saturated heterocycles. The number of aliphatic hydroxyl groups excluding tert-OH is 1. The number of nitrogens with one attached hydrogen (secondary N) is 1. The van der Waals surface area contributed by atoms with Gasteiger partial charge in [-0.05, 0) is 30.0 Å². The van der Waals surface area contributed by atoms with Crippen molar-refractivity contribution >= 4 is 16.9 Å². The second-order valence-electron chi connectivity index (χ2n) is 7.42. The van der Waals surface area contributed by atoms with Gasteiger partial charge in [-0.2, -0.15) is 0 Å². The van der Waals surface area contributed by atoms with E-state index in [2.05, 4.69) is 41.9 Å². The minimum absolute atomic E-state index is 0. The fourth-order valence-electron chi connectivity index (χ4n) is 3.45. The lowest BCUT2D eigenvalue weighted by atomic mass is 10.0. The van der Waals surface area contributed by atoms with Gasteiger partial charge < -0.3 is 22.8 Å². The quantitative estimate of drug-likeness (QED) is 0.500. The Hall–Kier alpha value is -2.37. The van der Waals surface area contributed by atoms with Gasteiger partial charge in [-0.1, -0.05) is 56.3 Å². The first-order valence-corrected chi connectivity index (χ1v) is 9.48. The van der Waals surface area contributed by atoms with E-state index in [0.717, 1.165) is 24.0 Å². The maximum Gasteiger partial charge on any atom is 0.262 e. The van der Waals surface area contributed by atoms with Crippen molar-refractivity contribution in [3.63, 3.8) is 0 Å². The van der Waals surface area contributed by atoms with E-state index < -0.39 is 0 Å². The van der Waals surface area contributed by atoms with Crippen LogP contribution in [0, 0.1) is 5.92 Å². The Balaban J connectivity index is 0.00000280. The molecule has 0 spiro atoms. The lowest BCUT2D eigenvalue weighted by Crippen LogP contribution is -3.00. The highest BCUT2D eigenvalue weighted by Gasteiger charge is 2.20. The summed E-state index contributed by atoms with van der Waals surface area (Å²) in [6, 6.07) is 18.2. The summed E-state index contributed by atoms with van der Waals surface area (Å²) in [4.78, 5) is 12.5. The van der Waals surface area contributed by atoms with E-state index >= 15 is 0 Å². The van der Waals surface area contributed by atoms with Gasteiger partial charge >= 0.3 is 0 Å². The normalized spacial score (nSPS) is 12.0. The van der Waals surface area contributed by atoms with Crippen LogP contribution >= 0.6 is 0 Å². The monoisotopic (exact) mass is 401 g/mol. The van der Waals surface area contributed by atoms with Gasteiger partial charge in [0.25, 0.3) is 5.91 Å². The van der Waals surface area contributed by atoms with Crippen LogP contribution in [0.1, 0.15) is 25.8 Å². The highest BCUT2D eigenvalue weighted by Crippen LogP contribution is 2.12. The zero-order valence-electron chi connectivity index (χ0n) is 16.4. The van der Waals surface area contributed by atoms with Crippen LogP contribution in [0.2, 0.25) is 0 Å². The maximum atomic E-state index is 12.5. The van der Waals surface area contributed by atoms with Crippen molar-refractivity contribution in [1.29, 1.82) is 0 Å². The second kappa shape index (κ2) is 10.2. The van der Waals surface area contributed by atoms with Crippen molar-refractivity contribution in [1.82, 2.24) is 9.88 Å². The summed E-state index contributed by atoms with van der Waals surface area (Å²) in [7, 11) is 0. The number of hydrogen-bond donors (Lipinski definition) is 2. The van der Waals surface area contributed by atoms with E-state index in [1.807, 2.05) is 47.3 Å². The van der Waals surface area contributed by atoms with Gasteiger partial charge in [-0.25, -0.2) is 9.13 Å². The summed E-state index contributed by atoms with van der Waals surface area (Å²) in [5.74, 6) is 0.338. The lowest BCUT2D eigenvalue weighted by molar-refractivity contribution is -0.663. The van der Waals surface area contributed by atoms with Crippen molar-refractivity contribution in [2.75, 3.05) is 6.61 Å².